The number of hydrogen-bond donors (Lipinski definition) is 1. The molecule has 2 aliphatic heterocycles. The highest BCUT2D eigenvalue weighted by Crippen LogP contribution is 2.33. The van der Waals surface area contributed by atoms with Crippen LogP contribution in [0.3, 0.4) is 0 Å². The van der Waals surface area contributed by atoms with E-state index in [0.29, 0.717) is 11.7 Å². The van der Waals surface area contributed by atoms with Gasteiger partial charge in [0.15, 0.2) is 0 Å². The summed E-state index contributed by atoms with van der Waals surface area (Å²) in [5, 5.41) is 14.2. The lowest BCUT2D eigenvalue weighted by atomic mass is 10.1. The van der Waals surface area contributed by atoms with Gasteiger partial charge in [0.05, 0.1) is 11.0 Å². The Morgan fingerprint density at radius 1 is 1.37 bits per heavy atom. The van der Waals surface area contributed by atoms with Crippen LogP contribution in [-0.4, -0.2) is 35.0 Å². The summed E-state index contributed by atoms with van der Waals surface area (Å²) in [4.78, 5) is 12.9. The second-order valence-electron chi connectivity index (χ2n) is 5.20. The first-order valence-corrected chi connectivity index (χ1v) is 6.59. The standard InChI is InChI=1S/C13H16FN3O2/c14-9-3-4-10(13(8-9)17(18)19)15-11-5-7-16-6-1-2-12(11)16/h3-4,8,11-12,15H,1-2,5-7H2. The van der Waals surface area contributed by atoms with Crippen LogP contribution >= 0.6 is 0 Å². The lowest BCUT2D eigenvalue weighted by Crippen LogP contribution is -2.33. The van der Waals surface area contributed by atoms with Crippen molar-refractivity contribution >= 4 is 11.4 Å². The second-order valence-corrected chi connectivity index (χ2v) is 5.20. The molecule has 0 radical (unpaired) electrons. The highest BCUT2D eigenvalue weighted by molar-refractivity contribution is 5.62. The number of hydrogen-bond acceptors (Lipinski definition) is 4. The monoisotopic (exact) mass is 265 g/mol. The minimum atomic E-state index is -0.578. The first-order chi connectivity index (χ1) is 9.15. The van der Waals surface area contributed by atoms with Crippen LogP contribution in [0.5, 0.6) is 0 Å². The molecular formula is C13H16FN3O2. The molecule has 2 atom stereocenters. The summed E-state index contributed by atoms with van der Waals surface area (Å²) < 4.78 is 13.1. The third kappa shape index (κ3) is 2.28. The fourth-order valence-corrected chi connectivity index (χ4v) is 3.23. The van der Waals surface area contributed by atoms with Gasteiger partial charge in [-0.3, -0.25) is 15.0 Å². The van der Waals surface area contributed by atoms with Crippen molar-refractivity contribution in [2.75, 3.05) is 18.4 Å². The molecule has 0 amide bonds. The minimum Gasteiger partial charge on any atom is -0.375 e. The molecule has 1 aromatic rings. The van der Waals surface area contributed by atoms with Gasteiger partial charge in [-0.1, -0.05) is 0 Å². The van der Waals surface area contributed by atoms with Crippen molar-refractivity contribution in [3.8, 4) is 0 Å². The van der Waals surface area contributed by atoms with Gasteiger partial charge in [-0.25, -0.2) is 4.39 Å². The van der Waals surface area contributed by atoms with E-state index < -0.39 is 10.7 Å². The fraction of sp³-hybridized carbons (Fsp3) is 0.538. The van der Waals surface area contributed by atoms with Crippen molar-refractivity contribution in [2.24, 2.45) is 0 Å². The average Bonchev–Trinajstić information content (AvgIpc) is 2.96. The lowest BCUT2D eigenvalue weighted by Gasteiger charge is -2.22. The number of nitro benzene ring substituents is 1. The van der Waals surface area contributed by atoms with E-state index in [4.69, 9.17) is 0 Å². The number of halogens is 1. The zero-order chi connectivity index (χ0) is 13.4. The van der Waals surface area contributed by atoms with E-state index in [1.54, 1.807) is 0 Å². The molecule has 2 saturated heterocycles. The molecule has 6 heteroatoms. The molecule has 2 fully saturated rings. The quantitative estimate of drug-likeness (QED) is 0.673. The molecular weight excluding hydrogens is 249 g/mol. The number of nitrogens with zero attached hydrogens (tertiary/aromatic N) is 2. The highest BCUT2D eigenvalue weighted by atomic mass is 19.1. The van der Waals surface area contributed by atoms with Gasteiger partial charge in [0.2, 0.25) is 0 Å². The minimum absolute atomic E-state index is 0.184. The third-order valence-corrected chi connectivity index (χ3v) is 4.10. The van der Waals surface area contributed by atoms with Crippen LogP contribution in [0.2, 0.25) is 0 Å². The first-order valence-electron chi connectivity index (χ1n) is 6.59. The van der Waals surface area contributed by atoms with Crippen LogP contribution < -0.4 is 5.32 Å². The van der Waals surface area contributed by atoms with Crippen LogP contribution in [0, 0.1) is 15.9 Å². The molecule has 102 valence electrons. The van der Waals surface area contributed by atoms with Gasteiger partial charge in [0.25, 0.3) is 5.69 Å². The van der Waals surface area contributed by atoms with Gasteiger partial charge in [-0.05, 0) is 37.9 Å². The second kappa shape index (κ2) is 4.77. The molecule has 0 bridgehead atoms. The number of nitro groups is 1. The van der Waals surface area contributed by atoms with Gasteiger partial charge in [-0.2, -0.15) is 0 Å². The van der Waals surface area contributed by atoms with Gasteiger partial charge >= 0.3 is 0 Å². The Morgan fingerprint density at radius 3 is 3.00 bits per heavy atom. The van der Waals surface area contributed by atoms with E-state index in [2.05, 4.69) is 10.2 Å². The summed E-state index contributed by atoms with van der Waals surface area (Å²) in [5.74, 6) is -0.578. The normalized spacial score (nSPS) is 26.4. The van der Waals surface area contributed by atoms with Crippen molar-refractivity contribution in [3.05, 3.63) is 34.1 Å². The summed E-state index contributed by atoms with van der Waals surface area (Å²) in [7, 11) is 0. The molecule has 0 aliphatic carbocycles. The Kier molecular flexibility index (Phi) is 3.10. The summed E-state index contributed by atoms with van der Waals surface area (Å²) in [6.45, 7) is 2.16. The topological polar surface area (TPSA) is 58.4 Å². The van der Waals surface area contributed by atoms with Crippen LogP contribution in [-0.2, 0) is 0 Å². The third-order valence-electron chi connectivity index (χ3n) is 4.10. The number of fused-ring (bicyclic) bond motifs is 1. The number of nitrogens with one attached hydrogen (secondary N) is 1. The first kappa shape index (κ1) is 12.3. The smallest absolute Gasteiger partial charge is 0.295 e. The van der Waals surface area contributed by atoms with E-state index in [9.17, 15) is 14.5 Å². The fourth-order valence-electron chi connectivity index (χ4n) is 3.23. The Morgan fingerprint density at radius 2 is 2.21 bits per heavy atom. The maximum Gasteiger partial charge on any atom is 0.295 e. The Hall–Kier alpha value is -1.69. The Balaban J connectivity index is 1.81. The molecule has 5 nitrogen and oxygen atoms in total. The maximum absolute atomic E-state index is 13.1. The zero-order valence-corrected chi connectivity index (χ0v) is 10.5. The predicted octanol–water partition coefficient (Wildman–Crippen LogP) is 2.38. The van der Waals surface area contributed by atoms with Gasteiger partial charge in [-0.15, -0.1) is 0 Å². The maximum atomic E-state index is 13.1. The zero-order valence-electron chi connectivity index (χ0n) is 10.5. The summed E-state index contributed by atoms with van der Waals surface area (Å²) in [6.07, 6.45) is 3.31. The summed E-state index contributed by atoms with van der Waals surface area (Å²) in [6, 6.07) is 4.39. The number of benzene rings is 1. The molecule has 2 aliphatic rings. The summed E-state index contributed by atoms with van der Waals surface area (Å²) in [5.41, 5.74) is 0.238. The van der Waals surface area contributed by atoms with Crippen LogP contribution in [0.15, 0.2) is 18.2 Å². The van der Waals surface area contributed by atoms with Crippen LogP contribution in [0.25, 0.3) is 0 Å². The molecule has 0 spiro atoms. The molecule has 1 aromatic carbocycles. The summed E-state index contributed by atoms with van der Waals surface area (Å²) >= 11 is 0. The molecule has 0 aromatic heterocycles. The van der Waals surface area contributed by atoms with Gasteiger partial charge in [0.1, 0.15) is 11.5 Å². The molecule has 19 heavy (non-hydrogen) atoms. The van der Waals surface area contributed by atoms with E-state index in [-0.39, 0.29) is 11.7 Å². The van der Waals surface area contributed by atoms with Gasteiger partial charge < -0.3 is 5.32 Å². The Labute approximate surface area is 110 Å². The van der Waals surface area contributed by atoms with E-state index in [1.807, 2.05) is 0 Å². The van der Waals surface area contributed by atoms with Gasteiger partial charge in [0, 0.05) is 18.6 Å². The van der Waals surface area contributed by atoms with E-state index >= 15 is 0 Å². The number of anilines is 1. The van der Waals surface area contributed by atoms with Crippen LogP contribution in [0.1, 0.15) is 19.3 Å². The van der Waals surface area contributed by atoms with Crippen LogP contribution in [0.4, 0.5) is 15.8 Å². The van der Waals surface area contributed by atoms with Crippen molar-refractivity contribution in [3.63, 3.8) is 0 Å². The van der Waals surface area contributed by atoms with Crippen molar-refractivity contribution in [1.82, 2.24) is 4.90 Å². The number of rotatable bonds is 3. The Bertz CT molecular complexity index is 509. The molecule has 3 rings (SSSR count). The van der Waals surface area contributed by atoms with Crippen molar-refractivity contribution in [1.29, 1.82) is 0 Å². The van der Waals surface area contributed by atoms with Crippen molar-refractivity contribution < 1.29 is 9.31 Å². The average molecular weight is 265 g/mol. The van der Waals surface area contributed by atoms with E-state index in [1.165, 1.54) is 18.6 Å². The SMILES string of the molecule is O=[N+]([O-])c1cc(F)ccc1NC1CCN2CCCC12. The largest absolute Gasteiger partial charge is 0.375 e. The highest BCUT2D eigenvalue weighted by Gasteiger charge is 2.37. The molecule has 1 N–H and O–H groups in total. The van der Waals surface area contributed by atoms with E-state index in [0.717, 1.165) is 32.0 Å². The predicted molar refractivity (Wildman–Crippen MR) is 69.7 cm³/mol. The molecule has 2 heterocycles. The molecule has 0 saturated carbocycles. The molecule has 2 unspecified atom stereocenters. The lowest BCUT2D eigenvalue weighted by molar-refractivity contribution is -0.384. The van der Waals surface area contributed by atoms with Crippen molar-refractivity contribution in [2.45, 2.75) is 31.3 Å².